The van der Waals surface area contributed by atoms with E-state index in [-0.39, 0.29) is 24.9 Å². The van der Waals surface area contributed by atoms with Crippen molar-refractivity contribution in [3.63, 3.8) is 0 Å². The number of benzene rings is 2. The Labute approximate surface area is 166 Å². The van der Waals surface area contributed by atoms with Gasteiger partial charge in [0, 0.05) is 65.3 Å². The molecule has 29 heavy (non-hydrogen) atoms. The first-order valence-electron chi connectivity index (χ1n) is 9.13. The van der Waals surface area contributed by atoms with Crippen molar-refractivity contribution in [3.05, 3.63) is 72.4 Å². The second-order valence-corrected chi connectivity index (χ2v) is 6.69. The minimum Gasteiger partial charge on any atom is -0.395 e. The molecular formula is C22H19FN4O2. The van der Waals surface area contributed by atoms with Crippen molar-refractivity contribution in [3.8, 4) is 22.5 Å². The molecule has 0 atom stereocenters. The van der Waals surface area contributed by atoms with E-state index in [0.29, 0.717) is 22.5 Å². The zero-order chi connectivity index (χ0) is 20.4. The molecule has 0 unspecified atom stereocenters. The standard InChI is InChI=1S/C22H19FN4O2/c1-27(8-9-28)22(29)14-6-7-20-17(10-14)18(13-24-20)21-25-11-15(12-26-21)16-4-2-3-5-19(16)23/h2-7,10-13,24,28H,8-9H2,1H3. The summed E-state index contributed by atoms with van der Waals surface area (Å²) in [5.74, 6) is -0.0281. The summed E-state index contributed by atoms with van der Waals surface area (Å²) in [4.78, 5) is 25.9. The average molecular weight is 390 g/mol. The first-order chi connectivity index (χ1) is 14.1. The minimum absolute atomic E-state index is 0.0952. The number of aliphatic hydroxyl groups excluding tert-OH is 1. The molecule has 2 N–H and O–H groups in total. The molecular weight excluding hydrogens is 371 g/mol. The molecule has 6 nitrogen and oxygen atoms in total. The third-order valence-electron chi connectivity index (χ3n) is 4.79. The summed E-state index contributed by atoms with van der Waals surface area (Å²) in [6.45, 7) is 0.166. The van der Waals surface area contributed by atoms with Crippen molar-refractivity contribution in [2.75, 3.05) is 20.2 Å². The van der Waals surface area contributed by atoms with Gasteiger partial charge in [-0.05, 0) is 24.3 Å². The van der Waals surface area contributed by atoms with Crippen molar-refractivity contribution in [2.24, 2.45) is 0 Å². The molecule has 4 rings (SSSR count). The number of hydrogen-bond donors (Lipinski definition) is 2. The SMILES string of the molecule is CN(CCO)C(=O)c1ccc2[nH]cc(-c3ncc(-c4ccccc4F)cn3)c2c1. The second kappa shape index (κ2) is 7.81. The maximum atomic E-state index is 14.0. The van der Waals surface area contributed by atoms with Crippen molar-refractivity contribution >= 4 is 16.8 Å². The molecule has 2 aromatic carbocycles. The summed E-state index contributed by atoms with van der Waals surface area (Å²) in [5.41, 5.74) is 3.14. The smallest absolute Gasteiger partial charge is 0.253 e. The van der Waals surface area contributed by atoms with Crippen molar-refractivity contribution in [1.29, 1.82) is 0 Å². The molecule has 0 aliphatic carbocycles. The number of nitrogens with one attached hydrogen (secondary N) is 1. The number of rotatable bonds is 5. The van der Waals surface area contributed by atoms with Gasteiger partial charge in [-0.1, -0.05) is 18.2 Å². The molecule has 7 heteroatoms. The highest BCUT2D eigenvalue weighted by atomic mass is 19.1. The minimum atomic E-state index is -0.328. The Balaban J connectivity index is 1.70. The van der Waals surface area contributed by atoms with Gasteiger partial charge in [-0.25, -0.2) is 14.4 Å². The number of fused-ring (bicyclic) bond motifs is 1. The van der Waals surface area contributed by atoms with Crippen molar-refractivity contribution in [1.82, 2.24) is 19.9 Å². The van der Waals surface area contributed by atoms with Gasteiger partial charge in [-0.2, -0.15) is 0 Å². The predicted molar refractivity (Wildman–Crippen MR) is 109 cm³/mol. The van der Waals surface area contributed by atoms with Crippen molar-refractivity contribution in [2.45, 2.75) is 0 Å². The number of carbonyl (C=O) groups excluding carboxylic acids is 1. The van der Waals surface area contributed by atoms with Gasteiger partial charge in [-0.15, -0.1) is 0 Å². The number of halogens is 1. The largest absolute Gasteiger partial charge is 0.395 e. The lowest BCUT2D eigenvalue weighted by molar-refractivity contribution is 0.0767. The summed E-state index contributed by atoms with van der Waals surface area (Å²) in [6, 6.07) is 11.8. The van der Waals surface area contributed by atoms with Crippen LogP contribution in [0, 0.1) is 5.82 Å². The quantitative estimate of drug-likeness (QED) is 0.546. The molecule has 0 aliphatic rings. The van der Waals surface area contributed by atoms with Gasteiger partial charge in [0.25, 0.3) is 5.91 Å². The molecule has 2 heterocycles. The summed E-state index contributed by atoms with van der Waals surface area (Å²) in [5, 5.41) is 9.86. The second-order valence-electron chi connectivity index (χ2n) is 6.69. The van der Waals surface area contributed by atoms with Gasteiger partial charge in [0.2, 0.25) is 0 Å². The van der Waals surface area contributed by atoms with Gasteiger partial charge >= 0.3 is 0 Å². The molecule has 0 saturated carbocycles. The van der Waals surface area contributed by atoms with Gasteiger partial charge in [0.05, 0.1) is 6.61 Å². The molecule has 0 saturated heterocycles. The number of amides is 1. The molecule has 2 aromatic heterocycles. The van der Waals surface area contributed by atoms with Crippen LogP contribution in [0.5, 0.6) is 0 Å². The summed E-state index contributed by atoms with van der Waals surface area (Å²) in [6.07, 6.45) is 4.96. The maximum absolute atomic E-state index is 14.0. The fourth-order valence-corrected chi connectivity index (χ4v) is 3.21. The van der Waals surface area contributed by atoms with Crippen LogP contribution in [0.25, 0.3) is 33.4 Å². The number of aromatic amines is 1. The first-order valence-corrected chi connectivity index (χ1v) is 9.13. The van der Waals surface area contributed by atoms with Crippen LogP contribution in [-0.2, 0) is 0 Å². The van der Waals surface area contributed by atoms with Crippen LogP contribution in [0.3, 0.4) is 0 Å². The number of aromatic nitrogens is 3. The van der Waals surface area contributed by atoms with E-state index in [1.165, 1.54) is 11.0 Å². The number of H-pyrrole nitrogens is 1. The van der Waals surface area contributed by atoms with Crippen LogP contribution in [0.1, 0.15) is 10.4 Å². The highest BCUT2D eigenvalue weighted by molar-refractivity contribution is 6.01. The Hall–Kier alpha value is -3.58. The van der Waals surface area contributed by atoms with Crippen LogP contribution < -0.4 is 0 Å². The summed E-state index contributed by atoms with van der Waals surface area (Å²) >= 11 is 0. The molecule has 0 radical (unpaired) electrons. The lowest BCUT2D eigenvalue weighted by Crippen LogP contribution is -2.29. The fraction of sp³-hybridized carbons (Fsp3) is 0.136. The lowest BCUT2D eigenvalue weighted by atomic mass is 10.1. The first kappa shape index (κ1) is 18.8. The van der Waals surface area contributed by atoms with Crippen LogP contribution in [0.4, 0.5) is 4.39 Å². The monoisotopic (exact) mass is 390 g/mol. The number of aliphatic hydroxyl groups is 1. The van der Waals surface area contributed by atoms with Gasteiger partial charge in [-0.3, -0.25) is 4.79 Å². The van der Waals surface area contributed by atoms with Gasteiger partial charge in [0.15, 0.2) is 5.82 Å². The molecule has 4 aromatic rings. The third-order valence-corrected chi connectivity index (χ3v) is 4.79. The Morgan fingerprint density at radius 3 is 2.62 bits per heavy atom. The molecule has 1 amide bonds. The van der Waals surface area contributed by atoms with Crippen LogP contribution >= 0.6 is 0 Å². The zero-order valence-electron chi connectivity index (χ0n) is 15.8. The highest BCUT2D eigenvalue weighted by Gasteiger charge is 2.15. The number of hydrogen-bond acceptors (Lipinski definition) is 4. The van der Waals surface area contributed by atoms with E-state index in [2.05, 4.69) is 15.0 Å². The zero-order valence-corrected chi connectivity index (χ0v) is 15.8. The predicted octanol–water partition coefficient (Wildman–Crippen LogP) is 3.50. The van der Waals surface area contributed by atoms with E-state index < -0.39 is 0 Å². The van der Waals surface area contributed by atoms with E-state index in [1.54, 1.807) is 56.0 Å². The molecule has 0 aliphatic heterocycles. The van der Waals surface area contributed by atoms with Gasteiger partial charge < -0.3 is 15.0 Å². The average Bonchev–Trinajstić information content (AvgIpc) is 3.17. The fourth-order valence-electron chi connectivity index (χ4n) is 3.21. The number of nitrogens with zero attached hydrogens (tertiary/aromatic N) is 3. The Morgan fingerprint density at radius 1 is 1.14 bits per heavy atom. The molecule has 146 valence electrons. The van der Waals surface area contributed by atoms with E-state index >= 15 is 0 Å². The van der Waals surface area contributed by atoms with Crippen LogP contribution in [-0.4, -0.2) is 51.1 Å². The van der Waals surface area contributed by atoms with Crippen molar-refractivity contribution < 1.29 is 14.3 Å². The summed E-state index contributed by atoms with van der Waals surface area (Å²) < 4.78 is 14.0. The van der Waals surface area contributed by atoms with Gasteiger partial charge in [0.1, 0.15) is 5.82 Å². The molecule has 0 fully saturated rings. The van der Waals surface area contributed by atoms with Crippen LogP contribution in [0.2, 0.25) is 0 Å². The maximum Gasteiger partial charge on any atom is 0.253 e. The Morgan fingerprint density at radius 2 is 1.90 bits per heavy atom. The summed E-state index contributed by atoms with van der Waals surface area (Å²) in [7, 11) is 1.64. The van der Waals surface area contributed by atoms with E-state index in [1.807, 2.05) is 6.07 Å². The third kappa shape index (κ3) is 3.60. The topological polar surface area (TPSA) is 82.1 Å². The van der Waals surface area contributed by atoms with E-state index in [9.17, 15) is 9.18 Å². The molecule has 0 bridgehead atoms. The highest BCUT2D eigenvalue weighted by Crippen LogP contribution is 2.28. The Kier molecular flexibility index (Phi) is 5.05. The van der Waals surface area contributed by atoms with E-state index in [0.717, 1.165) is 16.5 Å². The normalized spacial score (nSPS) is 11.0. The lowest BCUT2D eigenvalue weighted by Gasteiger charge is -2.15. The molecule has 0 spiro atoms. The van der Waals surface area contributed by atoms with E-state index in [4.69, 9.17) is 5.11 Å². The van der Waals surface area contributed by atoms with Crippen LogP contribution in [0.15, 0.2) is 61.1 Å². The number of likely N-dealkylation sites (N-methyl/N-ethyl adjacent to an activating group) is 1. The number of carbonyl (C=O) groups is 1. The Bertz CT molecular complexity index is 1170.